The fourth-order valence-corrected chi connectivity index (χ4v) is 3.08. The molecule has 0 heterocycles. The van der Waals surface area contributed by atoms with Crippen LogP contribution in [0.4, 0.5) is 17.1 Å². The zero-order chi connectivity index (χ0) is 31.8. The Bertz CT molecular complexity index is 1390. The Hall–Kier alpha value is -3.26. The number of fused-ring (bicyclic) bond motifs is 2. The summed E-state index contributed by atoms with van der Waals surface area (Å²) in [6.45, 7) is 12.0. The van der Waals surface area contributed by atoms with Gasteiger partial charge in [0, 0.05) is 36.4 Å². The van der Waals surface area contributed by atoms with Crippen molar-refractivity contribution in [3.63, 3.8) is 0 Å². The lowest BCUT2D eigenvalue weighted by Gasteiger charge is -2.09. The summed E-state index contributed by atoms with van der Waals surface area (Å²) in [6.07, 6.45) is 2.34. The third-order valence-electron chi connectivity index (χ3n) is 4.37. The minimum atomic E-state index is -3.67. The van der Waals surface area contributed by atoms with Gasteiger partial charge in [-0.1, -0.05) is 95.1 Å². The fraction of sp³-hybridized carbons (Fsp3) is 0.310. The number of phenols is 1. The fourth-order valence-electron chi connectivity index (χ4n) is 3.02. The van der Waals surface area contributed by atoms with Crippen LogP contribution < -0.4 is 5.32 Å². The first-order chi connectivity index (χ1) is 19.7. The van der Waals surface area contributed by atoms with Crippen molar-refractivity contribution in [2.45, 2.75) is 41.5 Å². The summed E-state index contributed by atoms with van der Waals surface area (Å²) in [6, 6.07) is 23.6. The first kappa shape index (κ1) is 39.9. The molecule has 0 aliphatic heterocycles. The third-order valence-corrected chi connectivity index (χ3v) is 4.57. The van der Waals surface area contributed by atoms with Crippen LogP contribution in [0.3, 0.4) is 0 Å². The van der Waals surface area contributed by atoms with Gasteiger partial charge < -0.3 is 10.4 Å². The van der Waals surface area contributed by atoms with E-state index in [0.717, 1.165) is 45.0 Å². The molecule has 41 heavy (non-hydrogen) atoms. The summed E-state index contributed by atoms with van der Waals surface area (Å²) < 4.78 is 29.7. The molecule has 0 aromatic heterocycles. The van der Waals surface area contributed by atoms with Crippen molar-refractivity contribution in [3.05, 3.63) is 72.8 Å². The zero-order valence-corrected chi connectivity index (χ0v) is 26.7. The number of azo groups is 1. The lowest BCUT2D eigenvalue weighted by Crippen LogP contribution is -1.89. The van der Waals surface area contributed by atoms with Gasteiger partial charge >= 0.3 is 0 Å². The number of nitrogens with one attached hydrogen (secondary N) is 1. The molecule has 0 spiro atoms. The average Bonchev–Trinajstić information content (AvgIpc) is 2.99. The van der Waals surface area contributed by atoms with Crippen LogP contribution in [0.1, 0.15) is 41.5 Å². The smallest absolute Gasteiger partial charge is 0.261 e. The Kier molecular flexibility index (Phi) is 22.8. The van der Waals surface area contributed by atoms with Gasteiger partial charge in [0.15, 0.2) is 5.75 Å². The lowest BCUT2D eigenvalue weighted by molar-refractivity contribution is -0.432. The molecule has 0 bridgehead atoms. The molecule has 0 saturated carbocycles. The molecule has 12 heteroatoms. The van der Waals surface area contributed by atoms with Crippen molar-refractivity contribution in [1.29, 1.82) is 0 Å². The van der Waals surface area contributed by atoms with Crippen LogP contribution in [0.15, 0.2) is 83.0 Å². The van der Waals surface area contributed by atoms with E-state index in [9.17, 15) is 13.5 Å². The minimum Gasteiger partial charge on any atom is -0.505 e. The topological polar surface area (TPSA) is 150 Å². The molecule has 4 aromatic rings. The van der Waals surface area contributed by atoms with Gasteiger partial charge in [0.2, 0.25) is 0 Å². The maximum absolute atomic E-state index is 10.6. The van der Waals surface area contributed by atoms with Crippen LogP contribution in [0, 0.1) is 0 Å². The predicted octanol–water partition coefficient (Wildman–Crippen LogP) is 9.42. The molecule has 0 aliphatic carbocycles. The number of benzene rings is 4. The molecule has 4 rings (SSSR count). The Morgan fingerprint density at radius 3 is 1.85 bits per heavy atom. The largest absolute Gasteiger partial charge is 0.505 e. The third kappa shape index (κ3) is 15.9. The second-order valence-electron chi connectivity index (χ2n) is 6.86. The molecule has 0 saturated heterocycles. The number of phenolic OH excluding ortho intramolecular Hbond substituents is 1. The van der Waals surface area contributed by atoms with Gasteiger partial charge in [-0.2, -0.15) is 13.5 Å². The molecule has 4 N–H and O–H groups in total. The molecule has 0 amide bonds. The van der Waals surface area contributed by atoms with Gasteiger partial charge in [0.25, 0.3) is 10.1 Å². The summed E-state index contributed by atoms with van der Waals surface area (Å²) in [5.74, 6) is 0.131. The molecule has 4 aromatic carbocycles. The first-order valence-corrected chi connectivity index (χ1v) is 15.9. The van der Waals surface area contributed by atoms with Crippen LogP contribution in [0.2, 0.25) is 0 Å². The van der Waals surface area contributed by atoms with E-state index in [4.69, 9.17) is 9.81 Å². The van der Waals surface area contributed by atoms with Crippen LogP contribution in [-0.4, -0.2) is 42.9 Å². The Morgan fingerprint density at radius 1 is 0.805 bits per heavy atom. The standard InChI is InChI=1S/C21H17N3O.3C2H6.2CH4O3S/c1-22-18-8-4-7-15-10-12-19(21(25)20(15)18)24-23-17-11-9-14-5-2-3-6-16(14)13-17;3*1-2;1-5(2,3)4;1-5-4-3-2/h2-13,22,25H,1H3;3*1-2H3;1H3,(H,2,3,4);2H,1H3. The number of hydrogen-bond donors (Lipinski definition) is 4. The molecule has 0 unspecified atom stereocenters. The van der Waals surface area contributed by atoms with Gasteiger partial charge in [-0.05, 0) is 40.4 Å². The summed E-state index contributed by atoms with van der Waals surface area (Å²) in [5.41, 5.74) is 2.06. The number of anilines is 1. The second-order valence-corrected chi connectivity index (χ2v) is 8.80. The molecule has 10 nitrogen and oxygen atoms in total. The van der Waals surface area contributed by atoms with Crippen LogP contribution >= 0.6 is 12.0 Å². The summed E-state index contributed by atoms with van der Waals surface area (Å²) in [5, 5.41) is 36.7. The van der Waals surface area contributed by atoms with Crippen LogP contribution in [0.25, 0.3) is 21.5 Å². The maximum atomic E-state index is 10.6. The average molecular weight is 610 g/mol. The molecular formula is C29H43N3O7S2. The van der Waals surface area contributed by atoms with Crippen LogP contribution in [0.5, 0.6) is 5.75 Å². The van der Waals surface area contributed by atoms with E-state index in [1.165, 1.54) is 0 Å². The van der Waals surface area contributed by atoms with Gasteiger partial charge in [-0.25, -0.2) is 5.26 Å². The van der Waals surface area contributed by atoms with E-state index >= 15 is 0 Å². The number of rotatable bonds is 5. The maximum Gasteiger partial charge on any atom is 0.261 e. The number of aromatic hydroxyl groups is 1. The Labute approximate surface area is 248 Å². The van der Waals surface area contributed by atoms with Crippen molar-refractivity contribution in [1.82, 2.24) is 0 Å². The van der Waals surface area contributed by atoms with E-state index in [0.29, 0.717) is 11.9 Å². The van der Waals surface area contributed by atoms with E-state index < -0.39 is 10.1 Å². The zero-order valence-electron chi connectivity index (χ0n) is 25.1. The highest BCUT2D eigenvalue weighted by Crippen LogP contribution is 2.39. The van der Waals surface area contributed by atoms with Gasteiger partial charge in [-0.15, -0.1) is 9.45 Å². The van der Waals surface area contributed by atoms with Crippen molar-refractivity contribution in [2.24, 2.45) is 10.2 Å². The number of hydrogen-bond acceptors (Lipinski definition) is 10. The summed E-state index contributed by atoms with van der Waals surface area (Å²) >= 11 is 0.929. The van der Waals surface area contributed by atoms with Crippen molar-refractivity contribution < 1.29 is 32.7 Å². The molecule has 0 radical (unpaired) electrons. The number of nitrogens with zero attached hydrogens (tertiary/aromatic N) is 2. The highest BCUT2D eigenvalue weighted by atomic mass is 32.2. The highest BCUT2D eigenvalue weighted by Gasteiger charge is 2.09. The normalized spacial score (nSPS) is 9.83. The minimum absolute atomic E-state index is 0.131. The van der Waals surface area contributed by atoms with E-state index in [1.807, 2.05) is 109 Å². The molecule has 0 fully saturated rings. The molecule has 228 valence electrons. The summed E-state index contributed by atoms with van der Waals surface area (Å²) in [7, 11) is -1.84. The Morgan fingerprint density at radius 2 is 1.34 bits per heavy atom. The van der Waals surface area contributed by atoms with E-state index in [2.05, 4.69) is 31.0 Å². The predicted molar refractivity (Wildman–Crippen MR) is 173 cm³/mol. The van der Waals surface area contributed by atoms with Gasteiger partial charge in [0.05, 0.1) is 11.9 Å². The first-order valence-electron chi connectivity index (χ1n) is 12.9. The lowest BCUT2D eigenvalue weighted by atomic mass is 10.1. The molecular weight excluding hydrogens is 566 g/mol. The quantitative estimate of drug-likeness (QED) is 0.0570. The van der Waals surface area contributed by atoms with Crippen molar-refractivity contribution in [2.75, 3.05) is 24.9 Å². The second kappa shape index (κ2) is 23.4. The molecule has 0 aliphatic rings. The van der Waals surface area contributed by atoms with Crippen molar-refractivity contribution >= 4 is 60.8 Å². The van der Waals surface area contributed by atoms with Crippen molar-refractivity contribution in [3.8, 4) is 5.75 Å². The van der Waals surface area contributed by atoms with Crippen LogP contribution in [-0.2, 0) is 19.5 Å². The van der Waals surface area contributed by atoms with E-state index in [-0.39, 0.29) is 5.75 Å². The summed E-state index contributed by atoms with van der Waals surface area (Å²) in [4.78, 5) is 0. The highest BCUT2D eigenvalue weighted by molar-refractivity contribution is 7.93. The van der Waals surface area contributed by atoms with Gasteiger partial charge in [0.1, 0.15) is 5.69 Å². The monoisotopic (exact) mass is 609 g/mol. The van der Waals surface area contributed by atoms with E-state index in [1.54, 1.807) is 12.3 Å². The SMILES string of the molecule is CC.CC.CC.CNc1cccc2ccc(N=Nc3ccc4ccccc4c3)c(O)c12.CS(=O)(=O)O.CSOOO. The molecule has 0 atom stereocenters. The van der Waals surface area contributed by atoms with Gasteiger partial charge in [-0.3, -0.25) is 4.55 Å². The Balaban J connectivity index is 0.